The summed E-state index contributed by atoms with van der Waals surface area (Å²) in [5, 5.41) is 11.6. The zero-order valence-electron chi connectivity index (χ0n) is 16.9. The van der Waals surface area contributed by atoms with E-state index in [2.05, 4.69) is 60.8 Å². The molecular weight excluding hydrogens is 362 g/mol. The number of aromatic nitrogens is 2. The highest BCUT2D eigenvalue weighted by Crippen LogP contribution is 2.30. The number of carbonyl (C=O) groups is 1. The monoisotopic (exact) mass is 387 g/mol. The third-order valence-electron chi connectivity index (χ3n) is 5.14. The molecule has 0 atom stereocenters. The van der Waals surface area contributed by atoms with Gasteiger partial charge in [0.25, 0.3) is 5.91 Å². The molecule has 0 radical (unpaired) electrons. The lowest BCUT2D eigenvalue weighted by Gasteiger charge is -2.19. The Hall–Kier alpha value is -3.18. The number of rotatable bonds is 4. The van der Waals surface area contributed by atoms with E-state index in [0.717, 1.165) is 27.8 Å². The Morgan fingerprint density at radius 1 is 1.07 bits per heavy atom. The number of aliphatic hydroxyl groups excluding tert-OH is 1. The number of fused-ring (bicyclic) bond motifs is 3. The van der Waals surface area contributed by atoms with E-state index >= 15 is 0 Å². The number of benzene rings is 2. The molecule has 0 bridgehead atoms. The molecule has 2 aromatic carbocycles. The maximum Gasteiger partial charge on any atom is 0.251 e. The van der Waals surface area contributed by atoms with Crippen molar-refractivity contribution in [2.75, 3.05) is 13.2 Å². The van der Waals surface area contributed by atoms with Crippen LogP contribution >= 0.6 is 0 Å². The Morgan fingerprint density at radius 2 is 1.83 bits per heavy atom. The number of hydrogen-bond donors (Lipinski definition) is 2. The molecule has 0 unspecified atom stereocenters. The van der Waals surface area contributed by atoms with Crippen molar-refractivity contribution in [1.82, 2.24) is 14.7 Å². The highest BCUT2D eigenvalue weighted by molar-refractivity contribution is 5.98. The van der Waals surface area contributed by atoms with Crippen molar-refractivity contribution in [3.63, 3.8) is 0 Å². The summed E-state index contributed by atoms with van der Waals surface area (Å²) in [5.74, 6) is -0.216. The third-order valence-corrected chi connectivity index (χ3v) is 5.14. The number of carbonyl (C=O) groups excluding carboxylic acids is 1. The van der Waals surface area contributed by atoms with Crippen LogP contribution in [0.4, 0.5) is 0 Å². The predicted molar refractivity (Wildman–Crippen MR) is 116 cm³/mol. The Balaban J connectivity index is 1.84. The van der Waals surface area contributed by atoms with Crippen molar-refractivity contribution in [3.8, 4) is 11.3 Å². The second-order valence-corrected chi connectivity index (χ2v) is 8.23. The van der Waals surface area contributed by atoms with Crippen molar-refractivity contribution in [2.45, 2.75) is 26.2 Å². The minimum absolute atomic E-state index is 0.0870. The maximum absolute atomic E-state index is 12.3. The van der Waals surface area contributed by atoms with Gasteiger partial charge in [0.1, 0.15) is 0 Å². The Labute approximate surface area is 170 Å². The maximum atomic E-state index is 12.3. The number of amides is 1. The van der Waals surface area contributed by atoms with E-state index in [-0.39, 0.29) is 24.5 Å². The molecule has 0 fully saturated rings. The highest BCUT2D eigenvalue weighted by Gasteiger charge is 2.16. The summed E-state index contributed by atoms with van der Waals surface area (Å²) in [6.45, 7) is 6.74. The molecule has 0 saturated heterocycles. The SMILES string of the molecule is CC(C)(C)c1ccc(-c2nc3cc(C(=O)NCCO)ccc3n3cccc23)cc1. The fourth-order valence-corrected chi connectivity index (χ4v) is 3.53. The number of nitrogens with zero attached hydrogens (tertiary/aromatic N) is 2. The molecule has 29 heavy (non-hydrogen) atoms. The molecule has 0 aliphatic rings. The van der Waals surface area contributed by atoms with E-state index in [0.29, 0.717) is 5.56 Å². The second-order valence-electron chi connectivity index (χ2n) is 8.23. The first-order chi connectivity index (χ1) is 13.9. The van der Waals surface area contributed by atoms with E-state index in [1.807, 2.05) is 18.3 Å². The first-order valence-corrected chi connectivity index (χ1v) is 9.79. The summed E-state index contributed by atoms with van der Waals surface area (Å²) in [7, 11) is 0. The number of nitrogens with one attached hydrogen (secondary N) is 1. The minimum atomic E-state index is -0.216. The quantitative estimate of drug-likeness (QED) is 0.552. The van der Waals surface area contributed by atoms with Crippen molar-refractivity contribution in [1.29, 1.82) is 0 Å². The molecular formula is C24H25N3O2. The van der Waals surface area contributed by atoms with Gasteiger partial charge in [-0.3, -0.25) is 4.79 Å². The van der Waals surface area contributed by atoms with Gasteiger partial charge in [0.05, 0.1) is 28.9 Å². The Kier molecular flexibility index (Phi) is 4.84. The molecule has 2 heterocycles. The molecule has 5 heteroatoms. The lowest BCUT2D eigenvalue weighted by atomic mass is 9.86. The molecule has 0 aliphatic heterocycles. The smallest absolute Gasteiger partial charge is 0.251 e. The fraction of sp³-hybridized carbons (Fsp3) is 0.250. The standard InChI is InChI=1S/C24H25N3O2/c1-24(2,3)18-9-6-16(7-10-18)22-21-5-4-13-27(21)20-11-8-17(15-19(20)26-22)23(29)25-12-14-28/h4-11,13,15,28H,12,14H2,1-3H3,(H,25,29). The minimum Gasteiger partial charge on any atom is -0.395 e. The van der Waals surface area contributed by atoms with Gasteiger partial charge in [0.15, 0.2) is 0 Å². The van der Waals surface area contributed by atoms with Crippen molar-refractivity contribution >= 4 is 22.5 Å². The van der Waals surface area contributed by atoms with Gasteiger partial charge >= 0.3 is 0 Å². The van der Waals surface area contributed by atoms with Gasteiger partial charge in [-0.15, -0.1) is 0 Å². The average molecular weight is 387 g/mol. The van der Waals surface area contributed by atoms with Gasteiger partial charge in [-0.1, -0.05) is 45.0 Å². The lowest BCUT2D eigenvalue weighted by molar-refractivity contribution is 0.0945. The molecule has 5 nitrogen and oxygen atoms in total. The number of hydrogen-bond acceptors (Lipinski definition) is 3. The molecule has 2 aromatic heterocycles. The highest BCUT2D eigenvalue weighted by atomic mass is 16.3. The van der Waals surface area contributed by atoms with Gasteiger partial charge in [-0.25, -0.2) is 4.98 Å². The summed E-state index contributed by atoms with van der Waals surface area (Å²) < 4.78 is 2.10. The van der Waals surface area contributed by atoms with Crippen molar-refractivity contribution < 1.29 is 9.90 Å². The van der Waals surface area contributed by atoms with Crippen LogP contribution in [0, 0.1) is 0 Å². The molecule has 4 rings (SSSR count). The van der Waals surface area contributed by atoms with Gasteiger partial charge in [0, 0.05) is 23.9 Å². The second kappa shape index (κ2) is 7.33. The molecule has 1 amide bonds. The summed E-state index contributed by atoms with van der Waals surface area (Å²) in [6.07, 6.45) is 2.01. The van der Waals surface area contributed by atoms with E-state index in [1.165, 1.54) is 5.56 Å². The summed E-state index contributed by atoms with van der Waals surface area (Å²) in [5.41, 5.74) is 6.54. The van der Waals surface area contributed by atoms with Gasteiger partial charge in [-0.05, 0) is 41.3 Å². The fourth-order valence-electron chi connectivity index (χ4n) is 3.53. The van der Waals surface area contributed by atoms with E-state index in [1.54, 1.807) is 12.1 Å². The average Bonchev–Trinajstić information content (AvgIpc) is 3.20. The summed E-state index contributed by atoms with van der Waals surface area (Å²) >= 11 is 0. The molecule has 4 aromatic rings. The Morgan fingerprint density at radius 3 is 2.52 bits per heavy atom. The molecule has 2 N–H and O–H groups in total. The third kappa shape index (κ3) is 3.61. The van der Waals surface area contributed by atoms with Crippen LogP contribution < -0.4 is 5.32 Å². The molecule has 0 saturated carbocycles. The van der Waals surface area contributed by atoms with Crippen LogP contribution in [0.2, 0.25) is 0 Å². The Bertz CT molecular complexity index is 1180. The van der Waals surface area contributed by atoms with E-state index in [4.69, 9.17) is 10.1 Å². The van der Waals surface area contributed by atoms with Crippen LogP contribution in [0.1, 0.15) is 36.7 Å². The largest absolute Gasteiger partial charge is 0.395 e. The van der Waals surface area contributed by atoms with Crippen LogP contribution in [-0.2, 0) is 5.41 Å². The van der Waals surface area contributed by atoms with Crippen LogP contribution in [0.3, 0.4) is 0 Å². The van der Waals surface area contributed by atoms with Gasteiger partial charge in [-0.2, -0.15) is 0 Å². The molecule has 0 spiro atoms. The van der Waals surface area contributed by atoms with Crippen LogP contribution in [0.15, 0.2) is 60.8 Å². The summed E-state index contributed by atoms with van der Waals surface area (Å²) in [4.78, 5) is 17.2. The van der Waals surface area contributed by atoms with Gasteiger partial charge < -0.3 is 14.8 Å². The number of aliphatic hydroxyl groups is 1. The van der Waals surface area contributed by atoms with Crippen molar-refractivity contribution in [2.24, 2.45) is 0 Å². The zero-order chi connectivity index (χ0) is 20.6. The zero-order valence-corrected chi connectivity index (χ0v) is 16.9. The van der Waals surface area contributed by atoms with Crippen molar-refractivity contribution in [3.05, 3.63) is 71.9 Å². The first-order valence-electron chi connectivity index (χ1n) is 9.79. The first kappa shape index (κ1) is 19.2. The van der Waals surface area contributed by atoms with Gasteiger partial charge in [0.2, 0.25) is 0 Å². The topological polar surface area (TPSA) is 66.6 Å². The normalized spacial score (nSPS) is 11.9. The lowest BCUT2D eigenvalue weighted by Crippen LogP contribution is -2.26. The van der Waals surface area contributed by atoms with E-state index < -0.39 is 0 Å². The van der Waals surface area contributed by atoms with Crippen LogP contribution in [-0.4, -0.2) is 33.6 Å². The molecule has 148 valence electrons. The summed E-state index contributed by atoms with van der Waals surface area (Å²) in [6, 6.07) is 18.1. The predicted octanol–water partition coefficient (Wildman–Crippen LogP) is 4.17. The van der Waals surface area contributed by atoms with Crippen LogP contribution in [0.25, 0.3) is 27.8 Å². The van der Waals surface area contributed by atoms with E-state index in [9.17, 15) is 4.79 Å². The van der Waals surface area contributed by atoms with Crippen LogP contribution in [0.5, 0.6) is 0 Å². The molecule has 0 aliphatic carbocycles.